The topological polar surface area (TPSA) is 20.3 Å². The summed E-state index contributed by atoms with van der Waals surface area (Å²) in [6, 6.07) is 18.2. The summed E-state index contributed by atoms with van der Waals surface area (Å²) in [5, 5.41) is 0. The molecule has 0 aliphatic heterocycles. The summed E-state index contributed by atoms with van der Waals surface area (Å²) in [6.45, 7) is 1.58. The van der Waals surface area contributed by atoms with E-state index in [0.717, 1.165) is 22.4 Å². The number of hydrogen-bond donors (Lipinski definition) is 0. The molecule has 0 fully saturated rings. The Morgan fingerprint density at radius 1 is 0.900 bits per heavy atom. The summed E-state index contributed by atoms with van der Waals surface area (Å²) in [5.74, 6) is 0.0561. The Kier molecular flexibility index (Phi) is 4.36. The van der Waals surface area contributed by atoms with Crippen molar-refractivity contribution in [3.8, 4) is 0 Å². The lowest BCUT2D eigenvalue weighted by atomic mass is 9.96. The molecule has 20 heavy (non-hydrogen) atoms. The van der Waals surface area contributed by atoms with Gasteiger partial charge in [-0.3, -0.25) is 4.79 Å². The summed E-state index contributed by atoms with van der Waals surface area (Å²) in [4.78, 5) is 13.5. The van der Waals surface area contributed by atoms with Gasteiger partial charge < -0.3 is 4.90 Å². The van der Waals surface area contributed by atoms with Gasteiger partial charge in [0, 0.05) is 19.8 Å². The molecule has 0 saturated heterocycles. The standard InChI is InChI=1S/C18H19NO/c1-14(20)13-18(15-7-5-4-6-8-15)16-9-11-17(12-10-16)19(2)3/h4-13H,1-3H3/b18-13+. The summed E-state index contributed by atoms with van der Waals surface area (Å²) in [5.41, 5.74) is 4.21. The number of benzene rings is 2. The second-order valence-corrected chi connectivity index (χ2v) is 4.98. The van der Waals surface area contributed by atoms with Gasteiger partial charge in [-0.2, -0.15) is 0 Å². The van der Waals surface area contributed by atoms with Gasteiger partial charge in [-0.05, 0) is 41.8 Å². The first-order chi connectivity index (χ1) is 9.58. The highest BCUT2D eigenvalue weighted by Crippen LogP contribution is 2.25. The largest absolute Gasteiger partial charge is 0.378 e. The molecule has 2 nitrogen and oxygen atoms in total. The summed E-state index contributed by atoms with van der Waals surface area (Å²) in [7, 11) is 4.02. The van der Waals surface area contributed by atoms with Crippen LogP contribution < -0.4 is 4.90 Å². The first-order valence-corrected chi connectivity index (χ1v) is 6.63. The van der Waals surface area contributed by atoms with E-state index < -0.39 is 0 Å². The van der Waals surface area contributed by atoms with Gasteiger partial charge in [0.05, 0.1) is 0 Å². The van der Waals surface area contributed by atoms with Gasteiger partial charge in [-0.25, -0.2) is 0 Å². The molecule has 0 aliphatic carbocycles. The van der Waals surface area contributed by atoms with Crippen LogP contribution in [0.1, 0.15) is 18.1 Å². The molecule has 0 heterocycles. The van der Waals surface area contributed by atoms with Gasteiger partial charge in [0.15, 0.2) is 5.78 Å². The van der Waals surface area contributed by atoms with E-state index in [1.807, 2.05) is 44.4 Å². The smallest absolute Gasteiger partial charge is 0.153 e. The van der Waals surface area contributed by atoms with E-state index in [9.17, 15) is 4.79 Å². The molecule has 2 aromatic carbocycles. The van der Waals surface area contributed by atoms with Crippen LogP contribution in [0.25, 0.3) is 5.57 Å². The van der Waals surface area contributed by atoms with Crippen LogP contribution in [0.3, 0.4) is 0 Å². The zero-order chi connectivity index (χ0) is 14.5. The maximum absolute atomic E-state index is 11.5. The first-order valence-electron chi connectivity index (χ1n) is 6.63. The number of allylic oxidation sites excluding steroid dienone is 1. The number of carbonyl (C=O) groups excluding carboxylic acids is 1. The number of nitrogens with zero attached hydrogens (tertiary/aromatic N) is 1. The third-order valence-corrected chi connectivity index (χ3v) is 3.13. The lowest BCUT2D eigenvalue weighted by molar-refractivity contribution is -0.112. The third kappa shape index (κ3) is 3.35. The second-order valence-electron chi connectivity index (χ2n) is 4.98. The number of anilines is 1. The Hall–Kier alpha value is -2.35. The fourth-order valence-electron chi connectivity index (χ4n) is 2.09. The lowest BCUT2D eigenvalue weighted by Crippen LogP contribution is -2.08. The summed E-state index contributed by atoms with van der Waals surface area (Å²) < 4.78 is 0. The van der Waals surface area contributed by atoms with Crippen LogP contribution in [0.15, 0.2) is 60.7 Å². The van der Waals surface area contributed by atoms with Crippen LogP contribution in [0.4, 0.5) is 5.69 Å². The van der Waals surface area contributed by atoms with Crippen molar-refractivity contribution >= 4 is 17.0 Å². The molecule has 0 radical (unpaired) electrons. The second kappa shape index (κ2) is 6.20. The lowest BCUT2D eigenvalue weighted by Gasteiger charge is -2.14. The molecule has 0 aliphatic rings. The molecule has 0 N–H and O–H groups in total. The molecule has 0 aromatic heterocycles. The number of rotatable bonds is 4. The predicted molar refractivity (Wildman–Crippen MR) is 85.0 cm³/mol. The molecule has 0 spiro atoms. The minimum Gasteiger partial charge on any atom is -0.378 e. The van der Waals surface area contributed by atoms with Crippen LogP contribution in [0, 0.1) is 0 Å². The Balaban J connectivity index is 2.45. The third-order valence-electron chi connectivity index (χ3n) is 3.13. The average molecular weight is 265 g/mol. The van der Waals surface area contributed by atoms with Crippen molar-refractivity contribution < 1.29 is 4.79 Å². The zero-order valence-electron chi connectivity index (χ0n) is 12.1. The highest BCUT2D eigenvalue weighted by atomic mass is 16.1. The fourth-order valence-corrected chi connectivity index (χ4v) is 2.09. The van der Waals surface area contributed by atoms with Crippen molar-refractivity contribution in [3.05, 3.63) is 71.8 Å². The molecule has 0 atom stereocenters. The van der Waals surface area contributed by atoms with Crippen molar-refractivity contribution in [3.63, 3.8) is 0 Å². The normalized spacial score (nSPS) is 11.2. The van der Waals surface area contributed by atoms with E-state index >= 15 is 0 Å². The molecule has 0 unspecified atom stereocenters. The molecule has 102 valence electrons. The Morgan fingerprint density at radius 3 is 1.95 bits per heavy atom. The number of ketones is 1. The van der Waals surface area contributed by atoms with E-state index in [0.29, 0.717) is 0 Å². The van der Waals surface area contributed by atoms with Crippen LogP contribution in [-0.4, -0.2) is 19.9 Å². The molecule has 2 rings (SSSR count). The highest BCUT2D eigenvalue weighted by molar-refractivity contribution is 5.99. The first kappa shape index (κ1) is 14.1. The van der Waals surface area contributed by atoms with Crippen LogP contribution in [-0.2, 0) is 4.79 Å². The van der Waals surface area contributed by atoms with Crippen LogP contribution in [0.5, 0.6) is 0 Å². The molecule has 0 saturated carbocycles. The predicted octanol–water partition coefficient (Wildman–Crippen LogP) is 3.77. The zero-order valence-corrected chi connectivity index (χ0v) is 12.1. The molecular formula is C18H19NO. The molecule has 0 bridgehead atoms. The van der Waals surface area contributed by atoms with Crippen molar-refractivity contribution in [2.75, 3.05) is 19.0 Å². The van der Waals surface area contributed by atoms with E-state index in [4.69, 9.17) is 0 Å². The van der Waals surface area contributed by atoms with Gasteiger partial charge in [-0.1, -0.05) is 42.5 Å². The van der Waals surface area contributed by atoms with Gasteiger partial charge in [0.2, 0.25) is 0 Å². The van der Waals surface area contributed by atoms with E-state index in [2.05, 4.69) is 29.2 Å². The van der Waals surface area contributed by atoms with Gasteiger partial charge in [0.25, 0.3) is 0 Å². The quantitative estimate of drug-likeness (QED) is 0.784. The fraction of sp³-hybridized carbons (Fsp3) is 0.167. The van der Waals surface area contributed by atoms with E-state index in [1.54, 1.807) is 13.0 Å². The van der Waals surface area contributed by atoms with E-state index in [1.165, 1.54) is 0 Å². The SMILES string of the molecule is CC(=O)/C=C(\c1ccccc1)c1ccc(N(C)C)cc1. The van der Waals surface area contributed by atoms with Gasteiger partial charge in [-0.15, -0.1) is 0 Å². The van der Waals surface area contributed by atoms with Crippen LogP contribution in [0.2, 0.25) is 0 Å². The van der Waals surface area contributed by atoms with Gasteiger partial charge >= 0.3 is 0 Å². The van der Waals surface area contributed by atoms with E-state index in [-0.39, 0.29) is 5.78 Å². The van der Waals surface area contributed by atoms with Crippen molar-refractivity contribution in [1.82, 2.24) is 0 Å². The molecule has 2 aromatic rings. The molecular weight excluding hydrogens is 246 g/mol. The Bertz CT molecular complexity index is 610. The monoisotopic (exact) mass is 265 g/mol. The van der Waals surface area contributed by atoms with Crippen molar-refractivity contribution in [2.24, 2.45) is 0 Å². The maximum atomic E-state index is 11.5. The average Bonchev–Trinajstić information content (AvgIpc) is 2.45. The highest BCUT2D eigenvalue weighted by Gasteiger charge is 2.06. The number of hydrogen-bond acceptors (Lipinski definition) is 2. The summed E-state index contributed by atoms with van der Waals surface area (Å²) >= 11 is 0. The minimum absolute atomic E-state index is 0.0561. The minimum atomic E-state index is 0.0561. The Labute approximate surface area is 120 Å². The van der Waals surface area contributed by atoms with Crippen molar-refractivity contribution in [1.29, 1.82) is 0 Å². The van der Waals surface area contributed by atoms with Crippen LogP contribution >= 0.6 is 0 Å². The maximum Gasteiger partial charge on any atom is 0.153 e. The van der Waals surface area contributed by atoms with Gasteiger partial charge in [0.1, 0.15) is 0 Å². The number of carbonyl (C=O) groups is 1. The van der Waals surface area contributed by atoms with Crippen molar-refractivity contribution in [2.45, 2.75) is 6.92 Å². The molecule has 2 heteroatoms. The molecule has 0 amide bonds. The Morgan fingerprint density at radius 2 is 1.45 bits per heavy atom. The summed E-state index contributed by atoms with van der Waals surface area (Å²) in [6.07, 6.45) is 1.69.